The summed E-state index contributed by atoms with van der Waals surface area (Å²) in [5.41, 5.74) is 5.98. The number of fused-ring (bicyclic) bond motifs is 1. The standard InChI is InChI=1S/C31H30FN3O2S2/c1-18-24(23-7-3-5-9-26(23)34(18)17-22-6-2-4-8-25(22)32)13-27-28(36)35(30(38)39-27)33-29(37)31-14-19-10-20(15-31)12-21(11-19)16-31/h2-9,13,19-21H,10-12,14-17H2,1H3,(H,33,37)/b27-13-. The molecule has 0 unspecified atom stereocenters. The second-order valence-electron chi connectivity index (χ2n) is 11.8. The quantitative estimate of drug-likeness (QED) is 0.283. The maximum absolute atomic E-state index is 14.5. The van der Waals surface area contributed by atoms with Gasteiger partial charge in [-0.25, -0.2) is 4.39 Å². The van der Waals surface area contributed by atoms with Crippen molar-refractivity contribution in [1.82, 2.24) is 15.0 Å². The van der Waals surface area contributed by atoms with Gasteiger partial charge in [-0.2, -0.15) is 5.01 Å². The highest BCUT2D eigenvalue weighted by molar-refractivity contribution is 8.26. The number of benzene rings is 2. The number of nitrogens with one attached hydrogen (secondary N) is 1. The lowest BCUT2D eigenvalue weighted by Crippen LogP contribution is -2.57. The fraction of sp³-hybridized carbons (Fsp3) is 0.387. The monoisotopic (exact) mass is 559 g/mol. The molecule has 4 aliphatic carbocycles. The first-order chi connectivity index (χ1) is 18.8. The summed E-state index contributed by atoms with van der Waals surface area (Å²) in [5.74, 6) is 1.32. The van der Waals surface area contributed by atoms with Crippen molar-refractivity contribution in [1.29, 1.82) is 0 Å². The zero-order valence-electron chi connectivity index (χ0n) is 21.8. The van der Waals surface area contributed by atoms with Gasteiger partial charge in [-0.1, -0.05) is 48.2 Å². The van der Waals surface area contributed by atoms with Crippen molar-refractivity contribution < 1.29 is 14.0 Å². The molecule has 200 valence electrons. The van der Waals surface area contributed by atoms with E-state index in [1.54, 1.807) is 12.1 Å². The van der Waals surface area contributed by atoms with E-state index in [-0.39, 0.29) is 23.0 Å². The van der Waals surface area contributed by atoms with E-state index >= 15 is 0 Å². The molecule has 8 heteroatoms. The van der Waals surface area contributed by atoms with E-state index in [0.29, 0.717) is 39.1 Å². The average molecular weight is 560 g/mol. The number of carbonyl (C=O) groups excluding carboxylic acids is 2. The molecule has 0 spiro atoms. The molecule has 1 aliphatic heterocycles. The molecule has 5 aliphatic rings. The number of carbonyl (C=O) groups is 2. The van der Waals surface area contributed by atoms with Crippen LogP contribution in [-0.2, 0) is 16.1 Å². The van der Waals surface area contributed by atoms with Gasteiger partial charge in [0, 0.05) is 27.7 Å². The second kappa shape index (κ2) is 9.30. The predicted octanol–water partition coefficient (Wildman–Crippen LogP) is 6.59. The topological polar surface area (TPSA) is 54.3 Å². The van der Waals surface area contributed by atoms with Crippen LogP contribution in [-0.4, -0.2) is 25.7 Å². The molecule has 4 saturated carbocycles. The van der Waals surface area contributed by atoms with Crippen LogP contribution in [0.25, 0.3) is 17.0 Å². The number of para-hydroxylation sites is 1. The predicted molar refractivity (Wildman–Crippen MR) is 156 cm³/mol. The Hall–Kier alpha value is -2.97. The first kappa shape index (κ1) is 25.0. The van der Waals surface area contributed by atoms with Crippen molar-refractivity contribution in [2.75, 3.05) is 0 Å². The lowest BCUT2D eigenvalue weighted by atomic mass is 9.49. The van der Waals surface area contributed by atoms with Gasteiger partial charge in [0.25, 0.3) is 5.91 Å². The van der Waals surface area contributed by atoms with Crippen molar-refractivity contribution in [3.8, 4) is 0 Å². The average Bonchev–Trinajstić information content (AvgIpc) is 3.32. The Morgan fingerprint density at radius 1 is 1.08 bits per heavy atom. The van der Waals surface area contributed by atoms with Crippen molar-refractivity contribution in [3.05, 3.63) is 76.1 Å². The van der Waals surface area contributed by atoms with Crippen LogP contribution < -0.4 is 5.43 Å². The van der Waals surface area contributed by atoms with Gasteiger partial charge in [-0.3, -0.25) is 15.0 Å². The molecule has 5 nitrogen and oxygen atoms in total. The number of aromatic nitrogens is 1. The Bertz CT molecular complexity index is 1540. The fourth-order valence-electron chi connectivity index (χ4n) is 7.94. The fourth-order valence-corrected chi connectivity index (χ4v) is 9.11. The minimum Gasteiger partial charge on any atom is -0.340 e. The van der Waals surface area contributed by atoms with Crippen LogP contribution in [0.2, 0.25) is 0 Å². The van der Waals surface area contributed by atoms with Gasteiger partial charge in [0.2, 0.25) is 5.91 Å². The number of hydrogen-bond donors (Lipinski definition) is 1. The summed E-state index contributed by atoms with van der Waals surface area (Å²) in [6.45, 7) is 2.37. The molecule has 39 heavy (non-hydrogen) atoms. The first-order valence-corrected chi connectivity index (χ1v) is 14.9. The summed E-state index contributed by atoms with van der Waals surface area (Å²) in [5, 5.41) is 2.26. The molecule has 1 N–H and O–H groups in total. The van der Waals surface area contributed by atoms with E-state index < -0.39 is 0 Å². The van der Waals surface area contributed by atoms with Crippen LogP contribution in [0.5, 0.6) is 0 Å². The summed E-state index contributed by atoms with van der Waals surface area (Å²) >= 11 is 6.79. The SMILES string of the molecule is Cc1c(/C=C2\SC(=S)N(NC(=O)C34CC5CC(CC(C5)C3)C4)C2=O)c2ccccc2n1Cc1ccccc1F. The molecular weight excluding hydrogens is 529 g/mol. The first-order valence-electron chi connectivity index (χ1n) is 13.7. The second-order valence-corrected chi connectivity index (χ2v) is 13.5. The summed E-state index contributed by atoms with van der Waals surface area (Å²) < 4.78 is 16.9. The summed E-state index contributed by atoms with van der Waals surface area (Å²) in [7, 11) is 0. The third kappa shape index (κ3) is 4.14. The van der Waals surface area contributed by atoms with Crippen LogP contribution in [0, 0.1) is 35.9 Å². The lowest BCUT2D eigenvalue weighted by Gasteiger charge is -2.55. The molecule has 1 saturated heterocycles. The van der Waals surface area contributed by atoms with Gasteiger partial charge >= 0.3 is 0 Å². The Morgan fingerprint density at radius 3 is 2.41 bits per heavy atom. The molecule has 2 amide bonds. The normalized spacial score (nSPS) is 28.7. The Morgan fingerprint density at radius 2 is 1.72 bits per heavy atom. The van der Waals surface area contributed by atoms with Gasteiger partial charge < -0.3 is 4.57 Å². The van der Waals surface area contributed by atoms with Crippen LogP contribution in [0.1, 0.15) is 55.3 Å². The Kier molecular flexibility index (Phi) is 5.97. The zero-order chi connectivity index (χ0) is 26.9. The third-order valence-corrected chi connectivity index (χ3v) is 10.7. The number of hydrazine groups is 1. The molecule has 1 aromatic heterocycles. The number of thiocarbonyl (C=S) groups is 1. The Labute approximate surface area is 236 Å². The van der Waals surface area contributed by atoms with Crippen molar-refractivity contribution in [3.63, 3.8) is 0 Å². The van der Waals surface area contributed by atoms with Crippen LogP contribution >= 0.6 is 24.0 Å². The number of nitrogens with zero attached hydrogens (tertiary/aromatic N) is 2. The molecule has 2 heterocycles. The number of rotatable bonds is 5. The molecule has 5 fully saturated rings. The summed E-state index contributed by atoms with van der Waals surface area (Å²) in [4.78, 5) is 27.6. The molecule has 2 aromatic carbocycles. The van der Waals surface area contributed by atoms with Gasteiger partial charge in [0.1, 0.15) is 5.82 Å². The van der Waals surface area contributed by atoms with Crippen LogP contribution in [0.3, 0.4) is 0 Å². The van der Waals surface area contributed by atoms with Gasteiger partial charge in [-0.05, 0) is 93.6 Å². The van der Waals surface area contributed by atoms with Crippen LogP contribution in [0.4, 0.5) is 4.39 Å². The lowest BCUT2D eigenvalue weighted by molar-refractivity contribution is -0.152. The molecule has 3 aromatic rings. The van der Waals surface area contributed by atoms with E-state index in [1.807, 2.05) is 43.3 Å². The van der Waals surface area contributed by atoms with E-state index in [0.717, 1.165) is 41.4 Å². The molecule has 8 rings (SSSR count). The number of thioether (sulfide) groups is 1. The largest absolute Gasteiger partial charge is 0.340 e. The minimum atomic E-state index is -0.363. The third-order valence-electron chi connectivity index (χ3n) is 9.37. The van der Waals surface area contributed by atoms with Crippen molar-refractivity contribution in [2.45, 2.75) is 52.0 Å². The van der Waals surface area contributed by atoms with E-state index in [9.17, 15) is 14.0 Å². The van der Waals surface area contributed by atoms with Gasteiger partial charge in [0.05, 0.1) is 16.9 Å². The maximum atomic E-state index is 14.5. The molecule has 0 atom stereocenters. The highest BCUT2D eigenvalue weighted by atomic mass is 32.2. The Balaban J connectivity index is 1.17. The zero-order valence-corrected chi connectivity index (χ0v) is 23.4. The van der Waals surface area contributed by atoms with E-state index in [2.05, 4.69) is 9.99 Å². The highest BCUT2D eigenvalue weighted by Gasteiger charge is 2.55. The smallest absolute Gasteiger partial charge is 0.285 e. The van der Waals surface area contributed by atoms with Gasteiger partial charge in [-0.15, -0.1) is 0 Å². The summed E-state index contributed by atoms with van der Waals surface area (Å²) in [6.07, 6.45) is 8.40. The molecular formula is C31H30FN3O2S2. The maximum Gasteiger partial charge on any atom is 0.285 e. The minimum absolute atomic E-state index is 0.0446. The van der Waals surface area contributed by atoms with E-state index in [4.69, 9.17) is 12.2 Å². The number of hydrogen-bond acceptors (Lipinski definition) is 4. The van der Waals surface area contributed by atoms with Crippen molar-refractivity contribution >= 4 is 57.1 Å². The van der Waals surface area contributed by atoms with Crippen molar-refractivity contribution in [2.24, 2.45) is 23.2 Å². The molecule has 4 bridgehead atoms. The number of halogens is 1. The van der Waals surface area contributed by atoms with Gasteiger partial charge in [0.15, 0.2) is 4.32 Å². The van der Waals surface area contributed by atoms with E-state index in [1.165, 1.54) is 42.1 Å². The molecule has 0 radical (unpaired) electrons. The summed E-state index contributed by atoms with van der Waals surface area (Å²) in [6, 6.07) is 14.7. The number of amides is 2. The highest BCUT2D eigenvalue weighted by Crippen LogP contribution is 2.60. The van der Waals surface area contributed by atoms with Crippen LogP contribution in [0.15, 0.2) is 53.4 Å².